The Morgan fingerprint density at radius 3 is 2.48 bits per heavy atom. The smallest absolute Gasteiger partial charge is 0.266 e. The minimum absolute atomic E-state index is 0.318. The molecule has 2 aromatic heterocycles. The van der Waals surface area contributed by atoms with E-state index in [9.17, 15) is 14.7 Å². The zero-order chi connectivity index (χ0) is 20.4. The van der Waals surface area contributed by atoms with Gasteiger partial charge >= 0.3 is 0 Å². The summed E-state index contributed by atoms with van der Waals surface area (Å²) >= 11 is 0. The molecule has 0 radical (unpaired) electrons. The number of hydrogen-bond acceptors (Lipinski definition) is 4. The molecule has 2 aromatic carbocycles. The molecule has 0 saturated heterocycles. The molecule has 0 unspecified atom stereocenters. The van der Waals surface area contributed by atoms with Gasteiger partial charge in [-0.2, -0.15) is 5.10 Å². The van der Waals surface area contributed by atoms with Crippen molar-refractivity contribution in [2.24, 2.45) is 0 Å². The summed E-state index contributed by atoms with van der Waals surface area (Å²) in [5.74, 6) is -1.02. The number of aromatic hydroxyl groups is 1. The lowest BCUT2D eigenvalue weighted by Gasteiger charge is -2.14. The highest BCUT2D eigenvalue weighted by Crippen LogP contribution is 2.25. The summed E-state index contributed by atoms with van der Waals surface area (Å²) in [7, 11) is 0. The molecule has 1 atom stereocenters. The first-order valence-corrected chi connectivity index (χ1v) is 9.25. The number of rotatable bonds is 5. The third kappa shape index (κ3) is 3.62. The lowest BCUT2D eigenvalue weighted by Crippen LogP contribution is -2.31. The van der Waals surface area contributed by atoms with Gasteiger partial charge in [0.05, 0.1) is 24.2 Å². The molecule has 0 aliphatic carbocycles. The van der Waals surface area contributed by atoms with Crippen LogP contribution in [-0.2, 0) is 6.54 Å². The van der Waals surface area contributed by atoms with Crippen molar-refractivity contribution in [2.75, 3.05) is 0 Å². The van der Waals surface area contributed by atoms with Gasteiger partial charge in [-0.3, -0.25) is 9.59 Å². The topological polar surface area (TPSA) is 100 Å². The van der Waals surface area contributed by atoms with Crippen molar-refractivity contribution in [3.05, 3.63) is 93.9 Å². The summed E-state index contributed by atoms with van der Waals surface area (Å²) in [5, 5.41) is 18.0. The number of H-pyrrole nitrogens is 1. The molecule has 7 nitrogen and oxygen atoms in total. The van der Waals surface area contributed by atoms with Crippen LogP contribution in [-0.4, -0.2) is 25.8 Å². The fourth-order valence-electron chi connectivity index (χ4n) is 3.28. The second kappa shape index (κ2) is 7.63. The van der Waals surface area contributed by atoms with E-state index in [0.717, 1.165) is 11.1 Å². The van der Waals surface area contributed by atoms with Crippen molar-refractivity contribution < 1.29 is 9.90 Å². The molecule has 0 bridgehead atoms. The molecule has 2 heterocycles. The van der Waals surface area contributed by atoms with Crippen molar-refractivity contribution >= 4 is 16.9 Å². The number of carbonyl (C=O) groups excluding carboxylic acids is 1. The van der Waals surface area contributed by atoms with Crippen LogP contribution >= 0.6 is 0 Å². The maximum atomic E-state index is 12.7. The number of hydrogen-bond donors (Lipinski definition) is 3. The summed E-state index contributed by atoms with van der Waals surface area (Å²) in [6.45, 7) is 2.24. The standard InChI is InChI=1S/C22H20N4O3/c1-14(16-10-6-3-7-11-16)24-21(28)18-19(27)17-12-23-26(20(17)25-22(18)29)13-15-8-4-2-5-9-15/h2-12,14H,13H2,1H3,(H,24,28)(H2,25,27,29)/t14-/m1/s1. The third-order valence-electron chi connectivity index (χ3n) is 4.84. The molecule has 146 valence electrons. The Morgan fingerprint density at radius 2 is 1.79 bits per heavy atom. The molecule has 0 fully saturated rings. The maximum absolute atomic E-state index is 12.7. The number of pyridine rings is 1. The normalized spacial score (nSPS) is 12.0. The Morgan fingerprint density at radius 1 is 1.14 bits per heavy atom. The second-order valence-electron chi connectivity index (χ2n) is 6.83. The van der Waals surface area contributed by atoms with Gasteiger partial charge in [-0.15, -0.1) is 0 Å². The highest BCUT2D eigenvalue weighted by molar-refractivity contribution is 6.01. The van der Waals surface area contributed by atoms with Gasteiger partial charge in [0.15, 0.2) is 0 Å². The lowest BCUT2D eigenvalue weighted by atomic mass is 10.1. The Hall–Kier alpha value is -3.87. The number of nitrogens with zero attached hydrogens (tertiary/aromatic N) is 2. The van der Waals surface area contributed by atoms with Gasteiger partial charge in [-0.25, -0.2) is 4.68 Å². The first kappa shape index (κ1) is 18.5. The fraction of sp³-hybridized carbons (Fsp3) is 0.136. The second-order valence-corrected chi connectivity index (χ2v) is 6.83. The number of aromatic nitrogens is 3. The molecular formula is C22H20N4O3. The van der Waals surface area contributed by atoms with Crippen LogP contribution in [0, 0.1) is 0 Å². The molecule has 1 amide bonds. The van der Waals surface area contributed by atoms with Crippen LogP contribution in [0.4, 0.5) is 0 Å². The third-order valence-corrected chi connectivity index (χ3v) is 4.84. The van der Waals surface area contributed by atoms with E-state index >= 15 is 0 Å². The first-order chi connectivity index (χ1) is 14.0. The minimum Gasteiger partial charge on any atom is -0.506 e. The summed E-state index contributed by atoms with van der Waals surface area (Å²) in [5.41, 5.74) is 1.27. The summed E-state index contributed by atoms with van der Waals surface area (Å²) < 4.78 is 1.58. The van der Waals surface area contributed by atoms with Gasteiger partial charge in [-0.1, -0.05) is 60.7 Å². The highest BCUT2D eigenvalue weighted by Gasteiger charge is 2.22. The van der Waals surface area contributed by atoms with Crippen LogP contribution in [0.15, 0.2) is 71.7 Å². The number of nitrogens with one attached hydrogen (secondary N) is 2. The van der Waals surface area contributed by atoms with Crippen LogP contribution in [0.3, 0.4) is 0 Å². The van der Waals surface area contributed by atoms with Crippen molar-refractivity contribution in [2.45, 2.75) is 19.5 Å². The molecule has 0 saturated carbocycles. The van der Waals surface area contributed by atoms with Crippen molar-refractivity contribution in [1.29, 1.82) is 0 Å². The molecule has 3 N–H and O–H groups in total. The monoisotopic (exact) mass is 388 g/mol. The van der Waals surface area contributed by atoms with Crippen LogP contribution in [0.2, 0.25) is 0 Å². The molecule has 0 aliphatic heterocycles. The Balaban J connectivity index is 1.66. The molecule has 7 heteroatoms. The summed E-state index contributed by atoms with van der Waals surface area (Å²) in [6.07, 6.45) is 1.45. The number of benzene rings is 2. The molecule has 4 aromatic rings. The van der Waals surface area contributed by atoms with Gasteiger partial charge in [0, 0.05) is 0 Å². The van der Waals surface area contributed by atoms with E-state index in [2.05, 4.69) is 15.4 Å². The Labute approximate surface area is 166 Å². The van der Waals surface area contributed by atoms with Crippen LogP contribution in [0.1, 0.15) is 34.5 Å². The van der Waals surface area contributed by atoms with Crippen LogP contribution in [0.5, 0.6) is 5.75 Å². The van der Waals surface area contributed by atoms with Gasteiger partial charge in [-0.05, 0) is 18.1 Å². The fourth-order valence-corrected chi connectivity index (χ4v) is 3.28. The molecule has 0 aliphatic rings. The predicted molar refractivity (Wildman–Crippen MR) is 110 cm³/mol. The molecule has 0 spiro atoms. The largest absolute Gasteiger partial charge is 0.506 e. The van der Waals surface area contributed by atoms with E-state index in [1.165, 1.54) is 6.20 Å². The SMILES string of the molecule is C[C@@H](NC(=O)c1c(O)c2cnn(Cc3ccccc3)c2[nH]c1=O)c1ccccc1. The van der Waals surface area contributed by atoms with Crippen LogP contribution in [0.25, 0.3) is 11.0 Å². The number of carbonyl (C=O) groups is 1. The lowest BCUT2D eigenvalue weighted by molar-refractivity contribution is 0.0936. The van der Waals surface area contributed by atoms with Gasteiger partial charge in [0.1, 0.15) is 17.0 Å². The van der Waals surface area contributed by atoms with E-state index in [1.54, 1.807) is 4.68 Å². The molecular weight excluding hydrogens is 368 g/mol. The highest BCUT2D eigenvalue weighted by atomic mass is 16.3. The predicted octanol–water partition coefficient (Wildman–Crippen LogP) is 2.97. The maximum Gasteiger partial charge on any atom is 0.266 e. The van der Waals surface area contributed by atoms with Gasteiger partial charge in [0.2, 0.25) is 0 Å². The first-order valence-electron chi connectivity index (χ1n) is 9.25. The van der Waals surface area contributed by atoms with E-state index < -0.39 is 11.5 Å². The number of fused-ring (bicyclic) bond motifs is 1. The van der Waals surface area contributed by atoms with Crippen molar-refractivity contribution in [1.82, 2.24) is 20.1 Å². The average Bonchev–Trinajstić information content (AvgIpc) is 3.12. The van der Waals surface area contributed by atoms with Crippen molar-refractivity contribution in [3.8, 4) is 5.75 Å². The van der Waals surface area contributed by atoms with E-state index in [0.29, 0.717) is 17.6 Å². The van der Waals surface area contributed by atoms with Crippen LogP contribution < -0.4 is 10.9 Å². The van der Waals surface area contributed by atoms with E-state index in [-0.39, 0.29) is 17.4 Å². The van der Waals surface area contributed by atoms with E-state index in [1.807, 2.05) is 67.6 Å². The number of amides is 1. The van der Waals surface area contributed by atoms with E-state index in [4.69, 9.17) is 0 Å². The van der Waals surface area contributed by atoms with Gasteiger partial charge < -0.3 is 15.4 Å². The summed E-state index contributed by atoms with van der Waals surface area (Å²) in [4.78, 5) is 28.0. The average molecular weight is 388 g/mol. The summed E-state index contributed by atoms with van der Waals surface area (Å²) in [6, 6.07) is 18.7. The zero-order valence-electron chi connectivity index (χ0n) is 15.8. The Bertz CT molecular complexity index is 1210. The zero-order valence-corrected chi connectivity index (χ0v) is 15.8. The molecule has 4 rings (SSSR count). The molecule has 29 heavy (non-hydrogen) atoms. The Kier molecular flexibility index (Phi) is 4.87. The minimum atomic E-state index is -0.664. The quantitative estimate of drug-likeness (QED) is 0.489. The van der Waals surface area contributed by atoms with Crippen molar-refractivity contribution in [3.63, 3.8) is 0 Å². The number of aromatic amines is 1. The van der Waals surface area contributed by atoms with Gasteiger partial charge in [0.25, 0.3) is 11.5 Å².